The Morgan fingerprint density at radius 1 is 1.15 bits per heavy atom. The summed E-state index contributed by atoms with van der Waals surface area (Å²) in [5.74, 6) is -0.239. The number of para-hydroxylation sites is 2. The molecule has 0 radical (unpaired) electrons. The number of aromatic nitrogens is 2. The number of fused-ring (bicyclic) bond motifs is 1. The fourth-order valence-electron chi connectivity index (χ4n) is 2.41. The molecule has 0 bridgehead atoms. The van der Waals surface area contributed by atoms with Crippen LogP contribution in [-0.2, 0) is 16.0 Å². The minimum absolute atomic E-state index is 0.0278. The average molecular weight is 369 g/mol. The normalized spacial score (nSPS) is 10.7. The molecule has 132 valence electrons. The van der Waals surface area contributed by atoms with Crippen molar-refractivity contribution in [2.75, 3.05) is 12.9 Å². The van der Waals surface area contributed by atoms with Gasteiger partial charge in [-0.2, -0.15) is 0 Å². The zero-order valence-electron chi connectivity index (χ0n) is 13.9. The zero-order chi connectivity index (χ0) is 18.5. The molecule has 0 amide bonds. The lowest BCUT2D eigenvalue weighted by molar-refractivity contribution is -0.384. The molecular weight excluding hydrogens is 354 g/mol. The highest BCUT2D eigenvalue weighted by atomic mass is 32.2. The van der Waals surface area contributed by atoms with Gasteiger partial charge in [-0.15, -0.1) is 0 Å². The van der Waals surface area contributed by atoms with Gasteiger partial charge < -0.3 is 4.74 Å². The zero-order valence-corrected chi connectivity index (χ0v) is 14.7. The lowest BCUT2D eigenvalue weighted by atomic mass is 10.1. The van der Waals surface area contributed by atoms with Crippen LogP contribution in [-0.4, -0.2) is 33.7 Å². The number of nitro groups is 1. The number of benzene rings is 2. The van der Waals surface area contributed by atoms with Gasteiger partial charge in [0.05, 0.1) is 34.5 Å². The number of hydrogen-bond donors (Lipinski definition) is 0. The SMILES string of the molecule is COC(=O)CSc1nc2ccccc2nc1Cc1cccc([N+](=O)[O-])c1. The number of rotatable bonds is 6. The Kier molecular flexibility index (Phi) is 5.43. The van der Waals surface area contributed by atoms with Crippen molar-refractivity contribution in [2.45, 2.75) is 11.4 Å². The first-order chi connectivity index (χ1) is 12.6. The Morgan fingerprint density at radius 2 is 1.88 bits per heavy atom. The van der Waals surface area contributed by atoms with Gasteiger partial charge in [-0.3, -0.25) is 14.9 Å². The van der Waals surface area contributed by atoms with Crippen LogP contribution in [0.25, 0.3) is 11.0 Å². The molecule has 1 aromatic heterocycles. The third-order valence-corrected chi connectivity index (χ3v) is 4.63. The summed E-state index contributed by atoms with van der Waals surface area (Å²) < 4.78 is 4.68. The largest absolute Gasteiger partial charge is 0.468 e. The number of nitro benzene ring substituents is 1. The summed E-state index contributed by atoms with van der Waals surface area (Å²) in [6, 6.07) is 13.9. The smallest absolute Gasteiger partial charge is 0.316 e. The summed E-state index contributed by atoms with van der Waals surface area (Å²) in [6.07, 6.45) is 0.378. The van der Waals surface area contributed by atoms with Gasteiger partial charge in [-0.25, -0.2) is 9.97 Å². The van der Waals surface area contributed by atoms with E-state index in [0.29, 0.717) is 17.1 Å². The number of carbonyl (C=O) groups is 1. The van der Waals surface area contributed by atoms with Crippen molar-refractivity contribution in [3.63, 3.8) is 0 Å². The highest BCUT2D eigenvalue weighted by molar-refractivity contribution is 7.99. The molecule has 0 aliphatic carbocycles. The molecule has 3 rings (SSSR count). The molecule has 2 aromatic carbocycles. The van der Waals surface area contributed by atoms with Gasteiger partial charge in [0.15, 0.2) is 0 Å². The van der Waals surface area contributed by atoms with Crippen LogP contribution in [0.1, 0.15) is 11.3 Å². The maximum Gasteiger partial charge on any atom is 0.316 e. The molecule has 0 atom stereocenters. The van der Waals surface area contributed by atoms with Crippen molar-refractivity contribution in [1.29, 1.82) is 0 Å². The van der Waals surface area contributed by atoms with E-state index in [4.69, 9.17) is 0 Å². The second-order valence-corrected chi connectivity index (χ2v) is 6.40. The van der Waals surface area contributed by atoms with E-state index in [2.05, 4.69) is 14.7 Å². The maximum absolute atomic E-state index is 11.5. The summed E-state index contributed by atoms with van der Waals surface area (Å²) in [6.45, 7) is 0. The van der Waals surface area contributed by atoms with E-state index < -0.39 is 4.92 Å². The molecule has 8 heteroatoms. The molecule has 0 fully saturated rings. The summed E-state index contributed by atoms with van der Waals surface area (Å²) in [4.78, 5) is 31.3. The van der Waals surface area contributed by atoms with Crippen molar-refractivity contribution in [1.82, 2.24) is 9.97 Å². The highest BCUT2D eigenvalue weighted by Gasteiger charge is 2.14. The lowest BCUT2D eigenvalue weighted by Gasteiger charge is -2.09. The number of ether oxygens (including phenoxy) is 1. The molecular formula is C18H15N3O4S. The van der Waals surface area contributed by atoms with E-state index >= 15 is 0 Å². The first-order valence-electron chi connectivity index (χ1n) is 7.75. The van der Waals surface area contributed by atoms with Crippen molar-refractivity contribution in [2.24, 2.45) is 0 Å². The van der Waals surface area contributed by atoms with E-state index in [0.717, 1.165) is 16.6 Å². The van der Waals surface area contributed by atoms with Gasteiger partial charge in [0.25, 0.3) is 5.69 Å². The molecule has 0 aliphatic rings. The Labute approximate surface area is 153 Å². The summed E-state index contributed by atoms with van der Waals surface area (Å²) in [5, 5.41) is 11.6. The van der Waals surface area contributed by atoms with Crippen LogP contribution < -0.4 is 0 Å². The Hall–Kier alpha value is -3.00. The number of nitrogens with zero attached hydrogens (tertiary/aromatic N) is 3. The number of hydrogen-bond acceptors (Lipinski definition) is 7. The van der Waals surface area contributed by atoms with Crippen LogP contribution in [0.4, 0.5) is 5.69 Å². The second-order valence-electron chi connectivity index (χ2n) is 5.43. The van der Waals surface area contributed by atoms with E-state index in [1.165, 1.54) is 31.0 Å². The third-order valence-electron chi connectivity index (χ3n) is 3.65. The monoisotopic (exact) mass is 369 g/mol. The average Bonchev–Trinajstić information content (AvgIpc) is 2.66. The van der Waals surface area contributed by atoms with Gasteiger partial charge in [-0.05, 0) is 17.7 Å². The second kappa shape index (κ2) is 7.92. The van der Waals surface area contributed by atoms with E-state index in [1.807, 2.05) is 24.3 Å². The molecule has 0 unspecified atom stereocenters. The van der Waals surface area contributed by atoms with Gasteiger partial charge in [-0.1, -0.05) is 36.0 Å². The van der Waals surface area contributed by atoms with Gasteiger partial charge >= 0.3 is 5.97 Å². The highest BCUT2D eigenvalue weighted by Crippen LogP contribution is 2.25. The van der Waals surface area contributed by atoms with Crippen LogP contribution >= 0.6 is 11.8 Å². The van der Waals surface area contributed by atoms with E-state index in [-0.39, 0.29) is 17.4 Å². The molecule has 0 saturated heterocycles. The molecule has 26 heavy (non-hydrogen) atoms. The summed E-state index contributed by atoms with van der Waals surface area (Å²) in [5.41, 5.74) is 2.90. The predicted molar refractivity (Wildman–Crippen MR) is 98.2 cm³/mol. The molecule has 0 saturated carbocycles. The van der Waals surface area contributed by atoms with Crippen LogP contribution in [0.3, 0.4) is 0 Å². The number of thioether (sulfide) groups is 1. The van der Waals surface area contributed by atoms with Crippen molar-refractivity contribution >= 4 is 34.5 Å². The minimum atomic E-state index is -0.428. The van der Waals surface area contributed by atoms with Crippen LogP contribution in [0.15, 0.2) is 53.6 Å². The summed E-state index contributed by atoms with van der Waals surface area (Å²) >= 11 is 1.24. The number of carbonyl (C=O) groups excluding carboxylic acids is 1. The van der Waals surface area contributed by atoms with Crippen LogP contribution in [0.2, 0.25) is 0 Å². The molecule has 0 aliphatic heterocycles. The van der Waals surface area contributed by atoms with Gasteiger partial charge in [0.2, 0.25) is 0 Å². The van der Waals surface area contributed by atoms with Crippen LogP contribution in [0, 0.1) is 10.1 Å². The molecule has 0 N–H and O–H groups in total. The van der Waals surface area contributed by atoms with Crippen molar-refractivity contribution in [3.8, 4) is 0 Å². The first kappa shape index (κ1) is 17.8. The third kappa shape index (κ3) is 4.15. The van der Waals surface area contributed by atoms with E-state index in [9.17, 15) is 14.9 Å². The minimum Gasteiger partial charge on any atom is -0.468 e. The fourth-order valence-corrected chi connectivity index (χ4v) is 3.23. The van der Waals surface area contributed by atoms with Gasteiger partial charge in [0.1, 0.15) is 5.03 Å². The quantitative estimate of drug-likeness (QED) is 0.284. The molecule has 1 heterocycles. The Bertz CT molecular complexity index is 978. The predicted octanol–water partition coefficient (Wildman–Crippen LogP) is 3.39. The van der Waals surface area contributed by atoms with E-state index in [1.54, 1.807) is 12.1 Å². The number of methoxy groups -OCH3 is 1. The molecule has 7 nitrogen and oxygen atoms in total. The number of esters is 1. The van der Waals surface area contributed by atoms with Crippen molar-refractivity contribution in [3.05, 3.63) is 69.9 Å². The topological polar surface area (TPSA) is 95.2 Å². The van der Waals surface area contributed by atoms with Crippen LogP contribution in [0.5, 0.6) is 0 Å². The standard InChI is InChI=1S/C18H15N3O4S/c1-25-17(22)11-26-18-16(19-14-7-2-3-8-15(14)20-18)10-12-5-4-6-13(9-12)21(23)24/h2-9H,10-11H2,1H3. The first-order valence-corrected chi connectivity index (χ1v) is 8.74. The van der Waals surface area contributed by atoms with Gasteiger partial charge in [0, 0.05) is 18.6 Å². The summed E-state index contributed by atoms with van der Waals surface area (Å²) in [7, 11) is 1.33. The Morgan fingerprint density at radius 3 is 2.58 bits per heavy atom. The van der Waals surface area contributed by atoms with Crippen molar-refractivity contribution < 1.29 is 14.5 Å². The fraction of sp³-hybridized carbons (Fsp3) is 0.167. The number of non-ortho nitro benzene ring substituents is 1. The molecule has 0 spiro atoms. The molecule has 3 aromatic rings. The maximum atomic E-state index is 11.5. The Balaban J connectivity index is 1.97. The lowest BCUT2D eigenvalue weighted by Crippen LogP contribution is -2.06.